The molecular formula is C17H17FN2O2S2. The topological polar surface area (TPSA) is 40.6 Å². The Morgan fingerprint density at radius 2 is 2.00 bits per heavy atom. The Labute approximate surface area is 149 Å². The zero-order valence-corrected chi connectivity index (χ0v) is 14.7. The number of nitrogens with zero attached hydrogens (tertiary/aromatic N) is 2. The van der Waals surface area contributed by atoms with Crippen LogP contribution in [-0.2, 0) is 9.59 Å². The fourth-order valence-electron chi connectivity index (χ4n) is 2.76. The van der Waals surface area contributed by atoms with Crippen molar-refractivity contribution in [3.63, 3.8) is 0 Å². The lowest BCUT2D eigenvalue weighted by molar-refractivity contribution is -0.130. The monoisotopic (exact) mass is 364 g/mol. The van der Waals surface area contributed by atoms with E-state index in [4.69, 9.17) is 12.2 Å². The number of rotatable bonds is 4. The molecule has 0 N–H and O–H groups in total. The second kappa shape index (κ2) is 7.44. The molecule has 2 saturated heterocycles. The van der Waals surface area contributed by atoms with E-state index in [2.05, 4.69) is 0 Å². The van der Waals surface area contributed by atoms with E-state index in [0.29, 0.717) is 14.8 Å². The molecule has 3 rings (SSSR count). The van der Waals surface area contributed by atoms with Crippen molar-refractivity contribution in [1.29, 1.82) is 0 Å². The van der Waals surface area contributed by atoms with Gasteiger partial charge in [0.15, 0.2) is 0 Å². The van der Waals surface area contributed by atoms with Crippen molar-refractivity contribution in [3.8, 4) is 0 Å². The van der Waals surface area contributed by atoms with E-state index >= 15 is 0 Å². The van der Waals surface area contributed by atoms with Crippen molar-refractivity contribution in [3.05, 3.63) is 40.6 Å². The summed E-state index contributed by atoms with van der Waals surface area (Å²) in [7, 11) is 0. The van der Waals surface area contributed by atoms with Crippen LogP contribution in [-0.4, -0.2) is 45.6 Å². The molecular weight excluding hydrogens is 347 g/mol. The quantitative estimate of drug-likeness (QED) is 0.608. The molecule has 24 heavy (non-hydrogen) atoms. The SMILES string of the molecule is O=C(CCN1C(=O)C(=Cc2ccccc2F)SC1=S)N1CCCC1. The number of hydrogen-bond donors (Lipinski definition) is 0. The average Bonchev–Trinajstić information content (AvgIpc) is 3.18. The van der Waals surface area contributed by atoms with Crippen LogP contribution in [0.5, 0.6) is 0 Å². The molecule has 2 amide bonds. The Morgan fingerprint density at radius 3 is 2.71 bits per heavy atom. The molecule has 1 aromatic rings. The summed E-state index contributed by atoms with van der Waals surface area (Å²) in [5.41, 5.74) is 0.353. The summed E-state index contributed by atoms with van der Waals surface area (Å²) in [5.74, 6) is -0.589. The molecule has 2 heterocycles. The van der Waals surface area contributed by atoms with Crippen molar-refractivity contribution >= 4 is 46.2 Å². The standard InChI is InChI=1S/C17H17FN2O2S2/c18-13-6-2-1-5-12(13)11-14-16(22)20(17(23)24-14)10-7-15(21)19-8-3-4-9-19/h1-2,5-6,11H,3-4,7-10H2. The summed E-state index contributed by atoms with van der Waals surface area (Å²) in [6.07, 6.45) is 3.85. The fraction of sp³-hybridized carbons (Fsp3) is 0.353. The molecule has 126 valence electrons. The number of thioether (sulfide) groups is 1. The summed E-state index contributed by atoms with van der Waals surface area (Å²) >= 11 is 6.39. The van der Waals surface area contributed by atoms with Crippen LogP contribution in [0, 0.1) is 5.82 Å². The number of likely N-dealkylation sites (tertiary alicyclic amines) is 1. The molecule has 0 saturated carbocycles. The van der Waals surface area contributed by atoms with Gasteiger partial charge in [-0.3, -0.25) is 14.5 Å². The highest BCUT2D eigenvalue weighted by Gasteiger charge is 2.32. The molecule has 0 spiro atoms. The predicted molar refractivity (Wildman–Crippen MR) is 96.7 cm³/mol. The van der Waals surface area contributed by atoms with E-state index in [9.17, 15) is 14.0 Å². The smallest absolute Gasteiger partial charge is 0.266 e. The van der Waals surface area contributed by atoms with Gasteiger partial charge in [0.1, 0.15) is 10.1 Å². The molecule has 0 aliphatic carbocycles. The van der Waals surface area contributed by atoms with Gasteiger partial charge in [-0.05, 0) is 25.0 Å². The van der Waals surface area contributed by atoms with Crippen molar-refractivity contribution in [2.24, 2.45) is 0 Å². The Bertz CT molecular complexity index is 714. The summed E-state index contributed by atoms with van der Waals surface area (Å²) in [4.78, 5) is 28.2. The number of hydrogen-bond acceptors (Lipinski definition) is 4. The van der Waals surface area contributed by atoms with E-state index in [1.807, 2.05) is 4.90 Å². The van der Waals surface area contributed by atoms with E-state index in [1.165, 1.54) is 17.0 Å². The zero-order chi connectivity index (χ0) is 17.1. The van der Waals surface area contributed by atoms with Crippen molar-refractivity contribution in [2.75, 3.05) is 19.6 Å². The number of amides is 2. The lowest BCUT2D eigenvalue weighted by Crippen LogP contribution is -2.34. The van der Waals surface area contributed by atoms with Crippen LogP contribution >= 0.6 is 24.0 Å². The molecule has 1 aromatic carbocycles. The van der Waals surface area contributed by atoms with Crippen LogP contribution in [0.15, 0.2) is 29.2 Å². The maximum Gasteiger partial charge on any atom is 0.266 e. The number of halogens is 1. The Balaban J connectivity index is 1.66. The van der Waals surface area contributed by atoms with Gasteiger partial charge in [-0.15, -0.1) is 0 Å². The highest BCUT2D eigenvalue weighted by Crippen LogP contribution is 2.33. The minimum Gasteiger partial charge on any atom is -0.343 e. The molecule has 0 atom stereocenters. The second-order valence-corrected chi connectivity index (χ2v) is 7.37. The van der Waals surface area contributed by atoms with Crippen molar-refractivity contribution < 1.29 is 14.0 Å². The van der Waals surface area contributed by atoms with Gasteiger partial charge in [0, 0.05) is 31.6 Å². The Hall–Kier alpha value is -1.73. The van der Waals surface area contributed by atoms with Crippen LogP contribution < -0.4 is 0 Å². The largest absolute Gasteiger partial charge is 0.343 e. The van der Waals surface area contributed by atoms with Crippen LogP contribution in [0.1, 0.15) is 24.8 Å². The number of benzene rings is 1. The van der Waals surface area contributed by atoms with Crippen LogP contribution in [0.4, 0.5) is 4.39 Å². The molecule has 2 fully saturated rings. The number of thiocarbonyl (C=S) groups is 1. The van der Waals surface area contributed by atoms with Crippen LogP contribution in [0.3, 0.4) is 0 Å². The fourth-order valence-corrected chi connectivity index (χ4v) is 4.06. The van der Waals surface area contributed by atoms with Gasteiger partial charge in [0.05, 0.1) is 4.91 Å². The molecule has 4 nitrogen and oxygen atoms in total. The number of carbonyl (C=O) groups is 2. The average molecular weight is 364 g/mol. The van der Waals surface area contributed by atoms with E-state index in [1.54, 1.807) is 18.2 Å². The third kappa shape index (κ3) is 3.67. The lowest BCUT2D eigenvalue weighted by atomic mass is 10.2. The first kappa shape index (κ1) is 17.1. The van der Waals surface area contributed by atoms with E-state index in [-0.39, 0.29) is 30.6 Å². The van der Waals surface area contributed by atoms with Crippen LogP contribution in [0.25, 0.3) is 6.08 Å². The summed E-state index contributed by atoms with van der Waals surface area (Å²) in [6, 6.07) is 6.27. The first-order valence-corrected chi connectivity index (χ1v) is 9.06. The Kier molecular flexibility index (Phi) is 5.30. The minimum atomic E-state index is -0.382. The predicted octanol–water partition coefficient (Wildman–Crippen LogP) is 3.04. The molecule has 0 bridgehead atoms. The molecule has 0 radical (unpaired) electrons. The minimum absolute atomic E-state index is 0.0552. The van der Waals surface area contributed by atoms with Gasteiger partial charge in [-0.1, -0.05) is 42.2 Å². The van der Waals surface area contributed by atoms with E-state index in [0.717, 1.165) is 37.7 Å². The third-order valence-electron chi connectivity index (χ3n) is 4.07. The maximum absolute atomic E-state index is 13.7. The lowest BCUT2D eigenvalue weighted by Gasteiger charge is -2.18. The van der Waals surface area contributed by atoms with Crippen LogP contribution in [0.2, 0.25) is 0 Å². The van der Waals surface area contributed by atoms with Gasteiger partial charge in [-0.25, -0.2) is 4.39 Å². The van der Waals surface area contributed by atoms with Crippen molar-refractivity contribution in [1.82, 2.24) is 9.80 Å². The molecule has 2 aliphatic heterocycles. The van der Waals surface area contributed by atoms with E-state index < -0.39 is 0 Å². The highest BCUT2D eigenvalue weighted by atomic mass is 32.2. The van der Waals surface area contributed by atoms with Gasteiger partial charge in [0.2, 0.25) is 5.91 Å². The first-order chi connectivity index (χ1) is 11.6. The van der Waals surface area contributed by atoms with Gasteiger partial charge in [0.25, 0.3) is 5.91 Å². The summed E-state index contributed by atoms with van der Waals surface area (Å²) in [5, 5.41) is 0. The van der Waals surface area contributed by atoms with Gasteiger partial charge < -0.3 is 4.90 Å². The van der Waals surface area contributed by atoms with Crippen molar-refractivity contribution in [2.45, 2.75) is 19.3 Å². The molecule has 0 unspecified atom stereocenters. The van der Waals surface area contributed by atoms with Gasteiger partial charge in [-0.2, -0.15) is 0 Å². The molecule has 7 heteroatoms. The molecule has 0 aromatic heterocycles. The normalized spacial score (nSPS) is 19.6. The highest BCUT2D eigenvalue weighted by molar-refractivity contribution is 8.26. The Morgan fingerprint density at radius 1 is 1.29 bits per heavy atom. The zero-order valence-electron chi connectivity index (χ0n) is 13.0. The number of carbonyl (C=O) groups excluding carboxylic acids is 2. The summed E-state index contributed by atoms with van der Waals surface area (Å²) < 4.78 is 14.1. The summed E-state index contributed by atoms with van der Waals surface area (Å²) in [6.45, 7) is 1.86. The maximum atomic E-state index is 13.7. The first-order valence-electron chi connectivity index (χ1n) is 7.84. The third-order valence-corrected chi connectivity index (χ3v) is 5.45. The molecule has 2 aliphatic rings. The van der Waals surface area contributed by atoms with Gasteiger partial charge >= 0.3 is 0 Å². The second-order valence-electron chi connectivity index (χ2n) is 5.69.